The third-order valence-corrected chi connectivity index (χ3v) is 4.93. The molecule has 0 spiro atoms. The van der Waals surface area contributed by atoms with Gasteiger partial charge in [0.15, 0.2) is 0 Å². The van der Waals surface area contributed by atoms with Crippen LogP contribution in [0.5, 0.6) is 0 Å². The summed E-state index contributed by atoms with van der Waals surface area (Å²) in [6, 6.07) is 9.09. The van der Waals surface area contributed by atoms with Crippen LogP contribution >= 0.6 is 0 Å². The maximum Gasteiger partial charge on any atom is 0.222 e. The van der Waals surface area contributed by atoms with Gasteiger partial charge in [0, 0.05) is 51.7 Å². The molecule has 1 aromatic carbocycles. The van der Waals surface area contributed by atoms with Crippen LogP contribution in [0.3, 0.4) is 0 Å². The molecule has 2 saturated heterocycles. The Labute approximate surface area is 133 Å². The summed E-state index contributed by atoms with van der Waals surface area (Å²) < 4.78 is 0. The van der Waals surface area contributed by atoms with Crippen molar-refractivity contribution in [2.75, 3.05) is 39.3 Å². The number of hydrogen-bond acceptors (Lipinski definition) is 3. The van der Waals surface area contributed by atoms with E-state index in [4.69, 9.17) is 0 Å². The Bertz CT molecular complexity index is 494. The molecular weight excluding hydrogens is 274 g/mol. The van der Waals surface area contributed by atoms with E-state index in [9.17, 15) is 4.79 Å². The topological polar surface area (TPSA) is 35.6 Å². The van der Waals surface area contributed by atoms with Crippen molar-refractivity contribution >= 4 is 5.91 Å². The summed E-state index contributed by atoms with van der Waals surface area (Å²) in [5.74, 6) is 0.318. The number of nitrogens with one attached hydrogen (secondary N) is 1. The largest absolute Gasteiger partial charge is 0.341 e. The van der Waals surface area contributed by atoms with E-state index >= 15 is 0 Å². The fourth-order valence-corrected chi connectivity index (χ4v) is 3.48. The van der Waals surface area contributed by atoms with Gasteiger partial charge >= 0.3 is 0 Å². The van der Waals surface area contributed by atoms with Crippen molar-refractivity contribution in [1.29, 1.82) is 0 Å². The van der Waals surface area contributed by atoms with Crippen molar-refractivity contribution in [1.82, 2.24) is 15.1 Å². The molecule has 1 N–H and O–H groups in total. The van der Waals surface area contributed by atoms with E-state index in [0.717, 1.165) is 52.1 Å². The molecule has 1 atom stereocenters. The Balaban J connectivity index is 1.45. The average molecular weight is 301 g/mol. The SMILES string of the molecule is Cc1ccc(CCC(=O)N2CCC(N3CCNCC3)C2)cc1. The molecule has 0 saturated carbocycles. The molecule has 120 valence electrons. The number of piperazine rings is 1. The molecule has 1 unspecified atom stereocenters. The van der Waals surface area contributed by atoms with Crippen LogP contribution in [0, 0.1) is 6.92 Å². The molecule has 4 heteroatoms. The number of carbonyl (C=O) groups excluding carboxylic acids is 1. The molecule has 2 aliphatic rings. The molecule has 0 aliphatic carbocycles. The van der Waals surface area contributed by atoms with E-state index in [1.54, 1.807) is 0 Å². The third-order valence-electron chi connectivity index (χ3n) is 4.93. The van der Waals surface area contributed by atoms with E-state index in [1.165, 1.54) is 11.1 Å². The predicted molar refractivity (Wildman–Crippen MR) is 88.9 cm³/mol. The Morgan fingerprint density at radius 2 is 1.91 bits per heavy atom. The Morgan fingerprint density at radius 1 is 1.18 bits per heavy atom. The van der Waals surface area contributed by atoms with E-state index in [2.05, 4.69) is 46.3 Å². The first-order chi connectivity index (χ1) is 10.7. The minimum atomic E-state index is 0.318. The molecule has 2 aliphatic heterocycles. The van der Waals surface area contributed by atoms with Crippen LogP contribution in [0.15, 0.2) is 24.3 Å². The molecule has 4 nitrogen and oxygen atoms in total. The van der Waals surface area contributed by atoms with Crippen LogP contribution in [0.1, 0.15) is 24.0 Å². The fraction of sp³-hybridized carbons (Fsp3) is 0.611. The van der Waals surface area contributed by atoms with Crippen LogP contribution in [-0.2, 0) is 11.2 Å². The van der Waals surface area contributed by atoms with Gasteiger partial charge in [-0.2, -0.15) is 0 Å². The standard InChI is InChI=1S/C18H27N3O/c1-15-2-4-16(5-3-15)6-7-18(22)21-11-8-17(14-21)20-12-9-19-10-13-20/h2-5,17,19H,6-14H2,1H3. The lowest BCUT2D eigenvalue weighted by molar-refractivity contribution is -0.130. The van der Waals surface area contributed by atoms with Crippen LogP contribution in [0.4, 0.5) is 0 Å². The van der Waals surface area contributed by atoms with Crippen molar-refractivity contribution in [3.05, 3.63) is 35.4 Å². The Kier molecular flexibility index (Phi) is 5.11. The molecule has 1 aromatic rings. The number of benzene rings is 1. The van der Waals surface area contributed by atoms with Crippen LogP contribution in [0.25, 0.3) is 0 Å². The summed E-state index contributed by atoms with van der Waals surface area (Å²) >= 11 is 0. The van der Waals surface area contributed by atoms with Gasteiger partial charge in [-0.25, -0.2) is 0 Å². The summed E-state index contributed by atoms with van der Waals surface area (Å²) in [5, 5.41) is 3.39. The minimum Gasteiger partial charge on any atom is -0.341 e. The monoisotopic (exact) mass is 301 g/mol. The summed E-state index contributed by atoms with van der Waals surface area (Å²) in [7, 11) is 0. The van der Waals surface area contributed by atoms with E-state index in [-0.39, 0.29) is 0 Å². The maximum atomic E-state index is 12.4. The van der Waals surface area contributed by atoms with Gasteiger partial charge in [-0.3, -0.25) is 9.69 Å². The summed E-state index contributed by atoms with van der Waals surface area (Å²) in [4.78, 5) is 17.0. The van der Waals surface area contributed by atoms with Crippen molar-refractivity contribution < 1.29 is 4.79 Å². The van der Waals surface area contributed by atoms with Crippen LogP contribution in [-0.4, -0.2) is 61.0 Å². The maximum absolute atomic E-state index is 12.4. The molecule has 2 fully saturated rings. The van der Waals surface area contributed by atoms with Crippen molar-refractivity contribution in [2.45, 2.75) is 32.2 Å². The van der Waals surface area contributed by atoms with E-state index in [0.29, 0.717) is 18.4 Å². The minimum absolute atomic E-state index is 0.318. The first-order valence-corrected chi connectivity index (χ1v) is 8.50. The highest BCUT2D eigenvalue weighted by Crippen LogP contribution is 2.17. The zero-order valence-electron chi connectivity index (χ0n) is 13.6. The van der Waals surface area contributed by atoms with Gasteiger partial charge in [0.25, 0.3) is 0 Å². The van der Waals surface area contributed by atoms with E-state index in [1.807, 2.05) is 0 Å². The molecule has 3 rings (SSSR count). The van der Waals surface area contributed by atoms with Gasteiger partial charge in [0.2, 0.25) is 5.91 Å². The second kappa shape index (κ2) is 7.25. The second-order valence-corrected chi connectivity index (χ2v) is 6.55. The number of carbonyl (C=O) groups is 1. The van der Waals surface area contributed by atoms with Gasteiger partial charge < -0.3 is 10.2 Å². The first-order valence-electron chi connectivity index (χ1n) is 8.50. The van der Waals surface area contributed by atoms with Crippen molar-refractivity contribution in [2.24, 2.45) is 0 Å². The molecule has 0 aromatic heterocycles. The van der Waals surface area contributed by atoms with Gasteiger partial charge in [-0.15, -0.1) is 0 Å². The first kappa shape index (κ1) is 15.5. The number of likely N-dealkylation sites (tertiary alicyclic amines) is 1. The number of aryl methyl sites for hydroxylation is 2. The summed E-state index contributed by atoms with van der Waals surface area (Å²) in [6.45, 7) is 8.35. The summed E-state index contributed by atoms with van der Waals surface area (Å²) in [5.41, 5.74) is 2.53. The summed E-state index contributed by atoms with van der Waals surface area (Å²) in [6.07, 6.45) is 2.63. The molecule has 1 amide bonds. The lowest BCUT2D eigenvalue weighted by Gasteiger charge is -2.32. The quantitative estimate of drug-likeness (QED) is 0.914. The van der Waals surface area contributed by atoms with E-state index < -0.39 is 0 Å². The fourth-order valence-electron chi connectivity index (χ4n) is 3.48. The predicted octanol–water partition coefficient (Wildman–Crippen LogP) is 1.43. The second-order valence-electron chi connectivity index (χ2n) is 6.55. The number of rotatable bonds is 4. The molecule has 2 heterocycles. The van der Waals surface area contributed by atoms with Crippen LogP contribution < -0.4 is 5.32 Å². The van der Waals surface area contributed by atoms with Crippen LogP contribution in [0.2, 0.25) is 0 Å². The Hall–Kier alpha value is -1.39. The lowest BCUT2D eigenvalue weighted by atomic mass is 10.1. The van der Waals surface area contributed by atoms with Gasteiger partial charge in [-0.05, 0) is 25.3 Å². The van der Waals surface area contributed by atoms with Gasteiger partial charge in [0.05, 0.1) is 0 Å². The van der Waals surface area contributed by atoms with Crippen molar-refractivity contribution in [3.8, 4) is 0 Å². The highest BCUT2D eigenvalue weighted by Gasteiger charge is 2.30. The number of hydrogen-bond donors (Lipinski definition) is 1. The van der Waals surface area contributed by atoms with Gasteiger partial charge in [-0.1, -0.05) is 29.8 Å². The zero-order chi connectivity index (χ0) is 15.4. The lowest BCUT2D eigenvalue weighted by Crippen LogP contribution is -2.49. The average Bonchev–Trinajstić information content (AvgIpc) is 3.05. The number of nitrogens with zero attached hydrogens (tertiary/aromatic N) is 2. The molecule has 22 heavy (non-hydrogen) atoms. The highest BCUT2D eigenvalue weighted by atomic mass is 16.2. The number of amides is 1. The van der Waals surface area contributed by atoms with Gasteiger partial charge in [0.1, 0.15) is 0 Å². The third kappa shape index (κ3) is 3.87. The highest BCUT2D eigenvalue weighted by molar-refractivity contribution is 5.76. The normalized spacial score (nSPS) is 23.0. The van der Waals surface area contributed by atoms with Crippen molar-refractivity contribution in [3.63, 3.8) is 0 Å². The molecule has 0 radical (unpaired) electrons. The molecular formula is C18H27N3O. The smallest absolute Gasteiger partial charge is 0.222 e. The Morgan fingerprint density at radius 3 is 2.64 bits per heavy atom. The zero-order valence-corrected chi connectivity index (χ0v) is 13.6. The molecule has 0 bridgehead atoms.